The van der Waals surface area contributed by atoms with Gasteiger partial charge in [-0.2, -0.15) is 0 Å². The third-order valence-corrected chi connectivity index (χ3v) is 8.67. The zero-order valence-electron chi connectivity index (χ0n) is 22.6. The monoisotopic (exact) mass is 512 g/mol. The molecule has 4 heterocycles. The van der Waals surface area contributed by atoms with Gasteiger partial charge in [0.15, 0.2) is 5.69 Å². The van der Waals surface area contributed by atoms with Crippen molar-refractivity contribution in [1.82, 2.24) is 29.9 Å². The summed E-state index contributed by atoms with van der Waals surface area (Å²) in [6, 6.07) is 10.9. The Morgan fingerprint density at radius 2 is 2.00 bits per heavy atom. The highest BCUT2D eigenvalue weighted by molar-refractivity contribution is 5.92. The lowest BCUT2D eigenvalue weighted by molar-refractivity contribution is -0.0761. The van der Waals surface area contributed by atoms with Crippen LogP contribution in [0.5, 0.6) is 0 Å². The predicted octanol–water partition coefficient (Wildman–Crippen LogP) is 4.16. The van der Waals surface area contributed by atoms with Crippen LogP contribution in [0.3, 0.4) is 0 Å². The van der Waals surface area contributed by atoms with Crippen molar-refractivity contribution in [2.75, 3.05) is 33.8 Å². The van der Waals surface area contributed by atoms with Crippen LogP contribution in [0.15, 0.2) is 36.4 Å². The van der Waals surface area contributed by atoms with Gasteiger partial charge in [-0.1, -0.05) is 29.5 Å². The summed E-state index contributed by atoms with van der Waals surface area (Å²) >= 11 is 0. The summed E-state index contributed by atoms with van der Waals surface area (Å²) in [5, 5.41) is 9.74. The summed E-state index contributed by atoms with van der Waals surface area (Å²) in [7, 11) is 3.07. The molecular formula is C30H36N6O2. The molecule has 1 amide bonds. The number of hydroxylamine groups is 2. The number of rotatable bonds is 6. The molecule has 2 aliphatic heterocycles. The normalized spacial score (nSPS) is 19.1. The van der Waals surface area contributed by atoms with Gasteiger partial charge in [0.1, 0.15) is 0 Å². The number of piperidine rings is 1. The van der Waals surface area contributed by atoms with Crippen LogP contribution in [-0.4, -0.2) is 69.6 Å². The van der Waals surface area contributed by atoms with E-state index >= 15 is 0 Å². The zero-order chi connectivity index (χ0) is 26.2. The van der Waals surface area contributed by atoms with Gasteiger partial charge >= 0.3 is 0 Å². The Morgan fingerprint density at radius 3 is 2.82 bits per heavy atom. The second-order valence-electron chi connectivity index (χ2n) is 10.8. The maximum absolute atomic E-state index is 12.6. The third-order valence-electron chi connectivity index (χ3n) is 8.67. The lowest BCUT2D eigenvalue weighted by atomic mass is 9.75. The van der Waals surface area contributed by atoms with Crippen molar-refractivity contribution in [2.24, 2.45) is 5.92 Å². The van der Waals surface area contributed by atoms with Crippen molar-refractivity contribution >= 4 is 12.0 Å². The van der Waals surface area contributed by atoms with Crippen LogP contribution >= 0.6 is 0 Å². The molecule has 1 aromatic carbocycles. The molecule has 38 heavy (non-hydrogen) atoms. The van der Waals surface area contributed by atoms with Crippen molar-refractivity contribution in [3.63, 3.8) is 0 Å². The molecule has 0 spiro atoms. The second kappa shape index (κ2) is 10.4. The smallest absolute Gasteiger partial charge is 0.299 e. The zero-order valence-corrected chi connectivity index (χ0v) is 22.6. The SMILES string of the molecule is CON(C)C(=O)c1nnn2c1CCc1c(CCN3CCC(C4CC=Cc5nc(C)ccc54)CC3)cccc1-2. The van der Waals surface area contributed by atoms with Crippen molar-refractivity contribution < 1.29 is 9.63 Å². The molecule has 2 aromatic heterocycles. The van der Waals surface area contributed by atoms with Gasteiger partial charge in [0.25, 0.3) is 5.91 Å². The number of nitrogens with zero attached hydrogens (tertiary/aromatic N) is 6. The Morgan fingerprint density at radius 1 is 1.16 bits per heavy atom. The molecule has 1 unspecified atom stereocenters. The number of likely N-dealkylation sites (tertiary alicyclic amines) is 1. The Balaban J connectivity index is 1.10. The number of carbonyl (C=O) groups excluding carboxylic acids is 1. The number of aryl methyl sites for hydroxylation is 1. The van der Waals surface area contributed by atoms with E-state index in [1.54, 1.807) is 7.05 Å². The van der Waals surface area contributed by atoms with Gasteiger partial charge in [-0.05, 0) is 105 Å². The molecule has 1 saturated heterocycles. The maximum Gasteiger partial charge on any atom is 0.299 e. The molecule has 1 aliphatic carbocycles. The van der Waals surface area contributed by atoms with Crippen molar-refractivity contribution in [3.8, 4) is 5.69 Å². The van der Waals surface area contributed by atoms with Crippen LogP contribution in [0, 0.1) is 12.8 Å². The predicted molar refractivity (Wildman–Crippen MR) is 146 cm³/mol. The molecule has 6 rings (SSSR count). The highest BCUT2D eigenvalue weighted by atomic mass is 16.7. The van der Waals surface area contributed by atoms with Crippen LogP contribution < -0.4 is 0 Å². The molecule has 0 saturated carbocycles. The molecule has 0 bridgehead atoms. The average Bonchev–Trinajstić information content (AvgIpc) is 3.39. The highest BCUT2D eigenvalue weighted by Gasteiger charge is 2.31. The summed E-state index contributed by atoms with van der Waals surface area (Å²) < 4.78 is 1.84. The largest absolute Gasteiger partial charge is 0.303 e. The van der Waals surface area contributed by atoms with E-state index in [1.807, 2.05) is 4.68 Å². The molecule has 8 nitrogen and oxygen atoms in total. The van der Waals surface area contributed by atoms with Crippen LogP contribution in [0.2, 0.25) is 0 Å². The number of aromatic nitrogens is 4. The fourth-order valence-electron chi connectivity index (χ4n) is 6.50. The van der Waals surface area contributed by atoms with E-state index in [9.17, 15) is 4.79 Å². The first-order valence-electron chi connectivity index (χ1n) is 13.8. The molecule has 1 fully saturated rings. The molecular weight excluding hydrogens is 476 g/mol. The molecule has 0 N–H and O–H groups in total. The first-order chi connectivity index (χ1) is 18.5. The fourth-order valence-corrected chi connectivity index (χ4v) is 6.50. The summed E-state index contributed by atoms with van der Waals surface area (Å²) in [6.45, 7) is 5.45. The number of fused-ring (bicyclic) bond motifs is 4. The first kappa shape index (κ1) is 24.9. The number of hydrogen-bond acceptors (Lipinski definition) is 6. The second-order valence-corrected chi connectivity index (χ2v) is 10.8. The van der Waals surface area contributed by atoms with Crippen LogP contribution in [0.25, 0.3) is 11.8 Å². The van der Waals surface area contributed by atoms with Gasteiger partial charge in [0, 0.05) is 19.3 Å². The quantitative estimate of drug-likeness (QED) is 0.462. The lowest BCUT2D eigenvalue weighted by Gasteiger charge is -2.37. The molecule has 0 radical (unpaired) electrons. The number of amides is 1. The van der Waals surface area contributed by atoms with Crippen LogP contribution in [0.4, 0.5) is 0 Å². The molecule has 3 aromatic rings. The van der Waals surface area contributed by atoms with Gasteiger partial charge in [-0.15, -0.1) is 5.10 Å². The Hall–Kier alpha value is -3.36. The van der Waals surface area contributed by atoms with Crippen molar-refractivity contribution in [2.45, 2.75) is 51.4 Å². The minimum atomic E-state index is -0.268. The first-order valence-corrected chi connectivity index (χ1v) is 13.8. The summed E-state index contributed by atoms with van der Waals surface area (Å²) in [4.78, 5) is 25.1. The highest BCUT2D eigenvalue weighted by Crippen LogP contribution is 2.39. The van der Waals surface area contributed by atoms with Gasteiger partial charge in [-0.25, -0.2) is 9.75 Å². The molecule has 3 aliphatic rings. The van der Waals surface area contributed by atoms with Crippen LogP contribution in [-0.2, 0) is 24.1 Å². The number of pyridine rings is 1. The molecule has 1 atom stereocenters. The van der Waals surface area contributed by atoms with E-state index < -0.39 is 0 Å². The topological polar surface area (TPSA) is 76.4 Å². The van der Waals surface area contributed by atoms with Gasteiger partial charge < -0.3 is 4.90 Å². The Labute approximate surface area is 224 Å². The van der Waals surface area contributed by atoms with E-state index in [4.69, 9.17) is 9.82 Å². The lowest BCUT2D eigenvalue weighted by Crippen LogP contribution is -2.37. The number of allylic oxidation sites excluding steroid dienone is 1. The van der Waals surface area contributed by atoms with Crippen molar-refractivity contribution in [3.05, 3.63) is 75.9 Å². The number of hydrogen-bond donors (Lipinski definition) is 0. The minimum Gasteiger partial charge on any atom is -0.303 e. The maximum atomic E-state index is 12.6. The Kier molecular flexibility index (Phi) is 6.84. The molecule has 198 valence electrons. The van der Waals surface area contributed by atoms with Gasteiger partial charge in [-0.3, -0.25) is 14.6 Å². The van der Waals surface area contributed by atoms with E-state index in [0.717, 1.165) is 68.3 Å². The van der Waals surface area contributed by atoms with E-state index in [2.05, 4.69) is 64.6 Å². The summed E-state index contributed by atoms with van der Waals surface area (Å²) in [5.41, 5.74) is 8.69. The number of carbonyl (C=O) groups is 1. The van der Waals surface area contributed by atoms with E-state index in [1.165, 1.54) is 47.4 Å². The van der Waals surface area contributed by atoms with Gasteiger partial charge in [0.2, 0.25) is 0 Å². The van der Waals surface area contributed by atoms with Gasteiger partial charge in [0.05, 0.1) is 24.2 Å². The average molecular weight is 513 g/mol. The minimum absolute atomic E-state index is 0.268. The fraction of sp³-hybridized carbons (Fsp3) is 0.467. The summed E-state index contributed by atoms with van der Waals surface area (Å²) in [5.74, 6) is 1.06. The third kappa shape index (κ3) is 4.56. The van der Waals surface area contributed by atoms with Crippen LogP contribution in [0.1, 0.15) is 69.4 Å². The van der Waals surface area contributed by atoms with E-state index in [-0.39, 0.29) is 5.91 Å². The summed E-state index contributed by atoms with van der Waals surface area (Å²) in [6.07, 6.45) is 10.8. The van der Waals surface area contributed by atoms with E-state index in [0.29, 0.717) is 11.6 Å². The molecule has 8 heteroatoms. The number of benzene rings is 1. The van der Waals surface area contributed by atoms with Crippen molar-refractivity contribution in [1.29, 1.82) is 0 Å². The Bertz CT molecular complexity index is 1370. The standard InChI is InChI=1S/C30H36N6O2/c1-20-10-11-25-23(7-5-8-26(25)31-20)22-15-18-35(19-16-22)17-14-21-6-4-9-27-24(21)12-13-28-29(32-33-36(27)28)30(37)34(2)38-3/h4-6,8-11,22-23H,7,12-19H2,1-3H3.